The average Bonchev–Trinajstić information content (AvgIpc) is 2.21. The minimum atomic E-state index is -0.577. The summed E-state index contributed by atoms with van der Waals surface area (Å²) in [5.74, 6) is -1.13. The van der Waals surface area contributed by atoms with Gasteiger partial charge in [-0.3, -0.25) is 0 Å². The van der Waals surface area contributed by atoms with Gasteiger partial charge in [0.2, 0.25) is 0 Å². The molecule has 0 aliphatic heterocycles. The molecule has 2 atom stereocenters. The van der Waals surface area contributed by atoms with Crippen LogP contribution in [0.5, 0.6) is 0 Å². The Balaban J connectivity index is 2.78. The number of hydrogen-bond acceptors (Lipinski definition) is 2. The van der Waals surface area contributed by atoms with Gasteiger partial charge in [0.1, 0.15) is 11.6 Å². The summed E-state index contributed by atoms with van der Waals surface area (Å²) in [7, 11) is 0. The summed E-state index contributed by atoms with van der Waals surface area (Å²) in [4.78, 5) is 0. The van der Waals surface area contributed by atoms with E-state index >= 15 is 0 Å². The Morgan fingerprint density at radius 3 is 2.56 bits per heavy atom. The van der Waals surface area contributed by atoms with E-state index in [1.54, 1.807) is 6.92 Å². The first-order valence-corrected chi connectivity index (χ1v) is 5.41. The van der Waals surface area contributed by atoms with Gasteiger partial charge >= 0.3 is 0 Å². The second kappa shape index (κ2) is 5.92. The number of aliphatic hydroxyl groups excluding tert-OH is 1. The Labute approximate surface area is 94.3 Å². The number of halogens is 2. The van der Waals surface area contributed by atoms with E-state index in [4.69, 9.17) is 5.11 Å². The van der Waals surface area contributed by atoms with E-state index in [9.17, 15) is 8.78 Å². The van der Waals surface area contributed by atoms with Crippen LogP contribution in [0.25, 0.3) is 0 Å². The van der Waals surface area contributed by atoms with Gasteiger partial charge in [-0.25, -0.2) is 8.78 Å². The van der Waals surface area contributed by atoms with Crippen LogP contribution in [0, 0.1) is 11.6 Å². The number of aliphatic hydroxyl groups is 1. The molecule has 0 heterocycles. The third kappa shape index (κ3) is 3.54. The van der Waals surface area contributed by atoms with Crippen molar-refractivity contribution in [2.45, 2.75) is 32.4 Å². The van der Waals surface area contributed by atoms with Crippen LogP contribution in [0.2, 0.25) is 0 Å². The average molecular weight is 229 g/mol. The van der Waals surface area contributed by atoms with Crippen LogP contribution < -0.4 is 5.32 Å². The van der Waals surface area contributed by atoms with Crippen molar-refractivity contribution in [3.05, 3.63) is 35.4 Å². The Morgan fingerprint density at radius 1 is 1.38 bits per heavy atom. The summed E-state index contributed by atoms with van der Waals surface area (Å²) in [5, 5.41) is 12.2. The molecule has 1 aromatic carbocycles. The topological polar surface area (TPSA) is 32.3 Å². The second-order valence-electron chi connectivity index (χ2n) is 3.88. The maximum atomic E-state index is 13.5. The van der Waals surface area contributed by atoms with Crippen LogP contribution in [0.15, 0.2) is 18.2 Å². The number of nitrogens with one attached hydrogen (secondary N) is 1. The van der Waals surface area contributed by atoms with Gasteiger partial charge in [-0.15, -0.1) is 0 Å². The fraction of sp³-hybridized carbons (Fsp3) is 0.500. The van der Waals surface area contributed by atoms with Crippen molar-refractivity contribution < 1.29 is 13.9 Å². The predicted octanol–water partition coefficient (Wildman–Crippen LogP) is 2.39. The van der Waals surface area contributed by atoms with E-state index in [1.165, 1.54) is 12.1 Å². The van der Waals surface area contributed by atoms with E-state index in [1.807, 2.05) is 6.92 Å². The maximum absolute atomic E-state index is 13.5. The highest BCUT2D eigenvalue weighted by Gasteiger charge is 2.14. The summed E-state index contributed by atoms with van der Waals surface area (Å²) >= 11 is 0. The molecule has 0 saturated carbocycles. The third-order valence-corrected chi connectivity index (χ3v) is 2.41. The van der Waals surface area contributed by atoms with Gasteiger partial charge in [-0.2, -0.15) is 0 Å². The molecule has 1 unspecified atom stereocenters. The first-order valence-electron chi connectivity index (χ1n) is 5.41. The van der Waals surface area contributed by atoms with Gasteiger partial charge in [0.15, 0.2) is 0 Å². The van der Waals surface area contributed by atoms with Crippen LogP contribution in [0.1, 0.15) is 31.9 Å². The van der Waals surface area contributed by atoms with Gasteiger partial charge in [0.05, 0.1) is 6.10 Å². The SMILES string of the molecule is CCC(NC[C@@H](C)O)c1ccc(F)cc1F. The van der Waals surface area contributed by atoms with Gasteiger partial charge < -0.3 is 10.4 Å². The lowest BCUT2D eigenvalue weighted by atomic mass is 10.0. The predicted molar refractivity (Wildman–Crippen MR) is 59.1 cm³/mol. The standard InChI is InChI=1S/C12H17F2NO/c1-3-12(15-7-8(2)16)10-5-4-9(13)6-11(10)14/h4-6,8,12,15-16H,3,7H2,1-2H3/t8-,12?/m1/s1. The molecule has 0 amide bonds. The summed E-state index contributed by atoms with van der Waals surface area (Å²) in [6.07, 6.45) is 0.187. The summed E-state index contributed by atoms with van der Waals surface area (Å²) in [5.41, 5.74) is 0.435. The minimum absolute atomic E-state index is 0.199. The molecule has 16 heavy (non-hydrogen) atoms. The Morgan fingerprint density at radius 2 is 2.06 bits per heavy atom. The normalized spacial score (nSPS) is 14.8. The highest BCUT2D eigenvalue weighted by Crippen LogP contribution is 2.20. The van der Waals surface area contributed by atoms with Crippen LogP contribution in [0.4, 0.5) is 8.78 Å². The van der Waals surface area contributed by atoms with Gasteiger partial charge in [0.25, 0.3) is 0 Å². The summed E-state index contributed by atoms with van der Waals surface area (Å²) < 4.78 is 26.2. The quantitative estimate of drug-likeness (QED) is 0.812. The molecule has 0 radical (unpaired) electrons. The molecule has 0 fully saturated rings. The van der Waals surface area contributed by atoms with Crippen LogP contribution in [0.3, 0.4) is 0 Å². The Bertz CT molecular complexity index is 342. The number of hydrogen-bond donors (Lipinski definition) is 2. The van der Waals surface area contributed by atoms with E-state index in [0.717, 1.165) is 6.07 Å². The molecular formula is C12H17F2NO. The molecule has 90 valence electrons. The van der Waals surface area contributed by atoms with Crippen molar-refractivity contribution in [1.29, 1.82) is 0 Å². The highest BCUT2D eigenvalue weighted by molar-refractivity contribution is 5.22. The third-order valence-electron chi connectivity index (χ3n) is 2.41. The van der Waals surface area contributed by atoms with Crippen molar-refractivity contribution in [2.24, 2.45) is 0 Å². The monoisotopic (exact) mass is 229 g/mol. The molecule has 0 saturated heterocycles. The zero-order valence-electron chi connectivity index (χ0n) is 9.50. The molecule has 0 bridgehead atoms. The molecule has 2 N–H and O–H groups in total. The minimum Gasteiger partial charge on any atom is -0.392 e. The lowest BCUT2D eigenvalue weighted by Gasteiger charge is -2.19. The zero-order valence-corrected chi connectivity index (χ0v) is 9.50. The van der Waals surface area contributed by atoms with E-state index in [0.29, 0.717) is 18.5 Å². The Kier molecular flexibility index (Phi) is 4.83. The van der Waals surface area contributed by atoms with Crippen molar-refractivity contribution >= 4 is 0 Å². The first kappa shape index (κ1) is 13.1. The van der Waals surface area contributed by atoms with Crippen LogP contribution in [-0.2, 0) is 0 Å². The fourth-order valence-electron chi connectivity index (χ4n) is 1.57. The highest BCUT2D eigenvalue weighted by atomic mass is 19.1. The molecular weight excluding hydrogens is 212 g/mol. The largest absolute Gasteiger partial charge is 0.392 e. The lowest BCUT2D eigenvalue weighted by molar-refractivity contribution is 0.185. The van der Waals surface area contributed by atoms with Crippen molar-refractivity contribution in [3.63, 3.8) is 0 Å². The molecule has 1 aromatic rings. The van der Waals surface area contributed by atoms with Crippen molar-refractivity contribution in [2.75, 3.05) is 6.54 Å². The van der Waals surface area contributed by atoms with E-state index < -0.39 is 17.7 Å². The van der Waals surface area contributed by atoms with Crippen molar-refractivity contribution in [3.8, 4) is 0 Å². The molecule has 1 rings (SSSR count). The maximum Gasteiger partial charge on any atom is 0.130 e. The summed E-state index contributed by atoms with van der Waals surface area (Å²) in [6.45, 7) is 3.94. The van der Waals surface area contributed by atoms with Crippen molar-refractivity contribution in [1.82, 2.24) is 5.32 Å². The number of rotatable bonds is 5. The fourth-order valence-corrected chi connectivity index (χ4v) is 1.57. The van der Waals surface area contributed by atoms with E-state index in [-0.39, 0.29) is 6.04 Å². The van der Waals surface area contributed by atoms with Gasteiger partial charge in [-0.1, -0.05) is 13.0 Å². The van der Waals surface area contributed by atoms with Gasteiger partial charge in [-0.05, 0) is 19.4 Å². The van der Waals surface area contributed by atoms with E-state index in [2.05, 4.69) is 5.32 Å². The van der Waals surface area contributed by atoms with Gasteiger partial charge in [0, 0.05) is 24.2 Å². The molecule has 0 aliphatic carbocycles. The Hall–Kier alpha value is -1.00. The molecule has 0 aromatic heterocycles. The van der Waals surface area contributed by atoms with Crippen LogP contribution >= 0.6 is 0 Å². The lowest BCUT2D eigenvalue weighted by Crippen LogP contribution is -2.29. The zero-order chi connectivity index (χ0) is 12.1. The smallest absolute Gasteiger partial charge is 0.130 e. The second-order valence-corrected chi connectivity index (χ2v) is 3.88. The first-order chi connectivity index (χ1) is 7.54. The molecule has 2 nitrogen and oxygen atoms in total. The molecule has 0 spiro atoms. The number of benzene rings is 1. The molecule has 0 aliphatic rings. The summed E-state index contributed by atoms with van der Waals surface area (Å²) in [6, 6.07) is 3.36. The van der Waals surface area contributed by atoms with Crippen LogP contribution in [-0.4, -0.2) is 17.8 Å². The molecule has 4 heteroatoms.